The van der Waals surface area contributed by atoms with Crippen LogP contribution >= 0.6 is 0 Å². The predicted octanol–water partition coefficient (Wildman–Crippen LogP) is 5.23. The fourth-order valence-corrected chi connectivity index (χ4v) is 2.39. The van der Waals surface area contributed by atoms with Crippen LogP contribution < -0.4 is 0 Å². The molecule has 0 spiro atoms. The zero-order valence-corrected chi connectivity index (χ0v) is 17.0. The highest BCUT2D eigenvalue weighted by molar-refractivity contribution is 5.80. The molecule has 0 radical (unpaired) electrons. The van der Waals surface area contributed by atoms with Gasteiger partial charge in [0.1, 0.15) is 5.69 Å². The van der Waals surface area contributed by atoms with E-state index in [9.17, 15) is 0 Å². The number of likely N-dealkylation sites (N-methyl/N-ethyl adjacent to an activating group) is 1. The average Bonchev–Trinajstić information content (AvgIpc) is 3.15. The molecule has 1 aromatic carbocycles. The third-order valence-electron chi connectivity index (χ3n) is 3.58. The molecule has 0 aliphatic carbocycles. The Kier molecular flexibility index (Phi) is 9.95. The van der Waals surface area contributed by atoms with Crippen LogP contribution in [0.3, 0.4) is 0 Å². The highest BCUT2D eigenvalue weighted by atomic mass is 15.3. The molecular weight excluding hydrogens is 320 g/mol. The van der Waals surface area contributed by atoms with Crippen molar-refractivity contribution in [1.29, 1.82) is 0 Å². The first-order chi connectivity index (χ1) is 12.7. The first-order valence-electron chi connectivity index (χ1n) is 9.42. The van der Waals surface area contributed by atoms with Gasteiger partial charge in [-0.15, -0.1) is 0 Å². The lowest BCUT2D eigenvalue weighted by Crippen LogP contribution is -2.18. The smallest absolute Gasteiger partial charge is 0.100 e. The summed E-state index contributed by atoms with van der Waals surface area (Å²) in [4.78, 5) is 6.26. The molecule has 2 heterocycles. The van der Waals surface area contributed by atoms with E-state index in [1.165, 1.54) is 5.56 Å². The summed E-state index contributed by atoms with van der Waals surface area (Å²) in [6.07, 6.45) is 5.75. The minimum atomic E-state index is 0.873. The predicted molar refractivity (Wildman–Crippen MR) is 112 cm³/mol. The molecule has 0 atom stereocenters. The van der Waals surface area contributed by atoms with E-state index in [2.05, 4.69) is 54.4 Å². The molecule has 0 N–H and O–H groups in total. The molecule has 2 aromatic heterocycles. The van der Waals surface area contributed by atoms with E-state index >= 15 is 0 Å². The fraction of sp³-hybridized carbons (Fsp3) is 0.364. The van der Waals surface area contributed by atoms with Gasteiger partial charge in [-0.25, -0.2) is 0 Å². The van der Waals surface area contributed by atoms with Gasteiger partial charge in [0.2, 0.25) is 0 Å². The zero-order chi connectivity index (χ0) is 19.4. The average molecular weight is 353 g/mol. The number of aromatic nitrogens is 3. The van der Waals surface area contributed by atoms with Crippen molar-refractivity contribution >= 4 is 0 Å². The lowest BCUT2D eigenvalue weighted by molar-refractivity contribution is 0.373. The maximum Gasteiger partial charge on any atom is 0.100 e. The van der Waals surface area contributed by atoms with Gasteiger partial charge in [-0.3, -0.25) is 9.67 Å². The SMILES string of the molecule is CC.CC.CN(C)CCn1cc(-c2ccccc2)c(-c2ccncc2)n1. The summed E-state index contributed by atoms with van der Waals surface area (Å²) in [5.41, 5.74) is 4.45. The minimum Gasteiger partial charge on any atom is -0.308 e. The number of rotatable bonds is 5. The molecule has 3 rings (SSSR count). The van der Waals surface area contributed by atoms with Crippen LogP contribution in [0, 0.1) is 0 Å². The Hall–Kier alpha value is -2.46. The fourth-order valence-electron chi connectivity index (χ4n) is 2.39. The highest BCUT2D eigenvalue weighted by Crippen LogP contribution is 2.30. The van der Waals surface area contributed by atoms with Gasteiger partial charge in [-0.2, -0.15) is 5.10 Å². The lowest BCUT2D eigenvalue weighted by Gasteiger charge is -2.08. The van der Waals surface area contributed by atoms with Crippen molar-refractivity contribution in [2.24, 2.45) is 0 Å². The van der Waals surface area contributed by atoms with Gasteiger partial charge in [0, 0.05) is 36.3 Å². The van der Waals surface area contributed by atoms with Crippen LogP contribution in [0.15, 0.2) is 61.1 Å². The van der Waals surface area contributed by atoms with Crippen molar-refractivity contribution < 1.29 is 0 Å². The number of nitrogens with zero attached hydrogens (tertiary/aromatic N) is 4. The van der Waals surface area contributed by atoms with Gasteiger partial charge in [0.15, 0.2) is 0 Å². The maximum atomic E-state index is 4.79. The van der Waals surface area contributed by atoms with E-state index in [0.29, 0.717) is 0 Å². The van der Waals surface area contributed by atoms with E-state index in [1.807, 2.05) is 63.0 Å². The summed E-state index contributed by atoms with van der Waals surface area (Å²) in [5, 5.41) is 4.79. The van der Waals surface area contributed by atoms with Crippen molar-refractivity contribution in [1.82, 2.24) is 19.7 Å². The summed E-state index contributed by atoms with van der Waals surface area (Å²) in [6, 6.07) is 14.4. The molecule has 0 aliphatic heterocycles. The summed E-state index contributed by atoms with van der Waals surface area (Å²) < 4.78 is 2.03. The zero-order valence-electron chi connectivity index (χ0n) is 17.0. The normalized spacial score (nSPS) is 9.81. The highest BCUT2D eigenvalue weighted by Gasteiger charge is 2.12. The molecule has 0 bridgehead atoms. The van der Waals surface area contributed by atoms with Gasteiger partial charge in [0.25, 0.3) is 0 Å². The lowest BCUT2D eigenvalue weighted by atomic mass is 10.0. The van der Waals surface area contributed by atoms with Crippen LogP contribution in [0.5, 0.6) is 0 Å². The summed E-state index contributed by atoms with van der Waals surface area (Å²) in [6.45, 7) is 9.84. The molecule has 26 heavy (non-hydrogen) atoms. The second-order valence-electron chi connectivity index (χ2n) is 5.56. The van der Waals surface area contributed by atoms with Gasteiger partial charge >= 0.3 is 0 Å². The first-order valence-corrected chi connectivity index (χ1v) is 9.42. The topological polar surface area (TPSA) is 34.0 Å². The second-order valence-corrected chi connectivity index (χ2v) is 5.56. The molecule has 0 saturated carbocycles. The van der Waals surface area contributed by atoms with Gasteiger partial charge in [-0.1, -0.05) is 58.0 Å². The Balaban J connectivity index is 0.000000791. The van der Waals surface area contributed by atoms with E-state index in [0.717, 1.165) is 29.9 Å². The molecule has 4 nitrogen and oxygen atoms in total. The molecule has 0 unspecified atom stereocenters. The third-order valence-corrected chi connectivity index (χ3v) is 3.58. The van der Waals surface area contributed by atoms with Gasteiger partial charge in [0.05, 0.1) is 6.54 Å². The molecule has 140 valence electrons. The Bertz CT molecular complexity index is 661. The molecular formula is C22H32N4. The maximum absolute atomic E-state index is 4.79. The second kappa shape index (κ2) is 12.0. The van der Waals surface area contributed by atoms with Crippen LogP contribution in [0.2, 0.25) is 0 Å². The van der Waals surface area contributed by atoms with Crippen molar-refractivity contribution in [3.05, 3.63) is 61.1 Å². The molecule has 0 aliphatic rings. The van der Waals surface area contributed by atoms with Gasteiger partial charge in [-0.05, 0) is 31.8 Å². The minimum absolute atomic E-state index is 0.873. The summed E-state index contributed by atoms with van der Waals surface area (Å²) >= 11 is 0. The van der Waals surface area contributed by atoms with Crippen LogP contribution in [0.25, 0.3) is 22.4 Å². The Morgan fingerprint density at radius 1 is 0.846 bits per heavy atom. The van der Waals surface area contributed by atoms with E-state index in [-0.39, 0.29) is 0 Å². The largest absolute Gasteiger partial charge is 0.308 e. The van der Waals surface area contributed by atoms with Crippen LogP contribution in [0.1, 0.15) is 27.7 Å². The number of pyridine rings is 1. The van der Waals surface area contributed by atoms with E-state index < -0.39 is 0 Å². The Morgan fingerprint density at radius 3 is 2.04 bits per heavy atom. The third kappa shape index (κ3) is 6.12. The summed E-state index contributed by atoms with van der Waals surface area (Å²) in [7, 11) is 4.15. The van der Waals surface area contributed by atoms with Crippen molar-refractivity contribution in [3.63, 3.8) is 0 Å². The van der Waals surface area contributed by atoms with E-state index in [1.54, 1.807) is 0 Å². The molecule has 0 amide bonds. The summed E-state index contributed by atoms with van der Waals surface area (Å²) in [5.74, 6) is 0. The van der Waals surface area contributed by atoms with Crippen LogP contribution in [-0.4, -0.2) is 40.3 Å². The van der Waals surface area contributed by atoms with Crippen molar-refractivity contribution in [2.45, 2.75) is 34.2 Å². The monoisotopic (exact) mass is 352 g/mol. The van der Waals surface area contributed by atoms with Crippen LogP contribution in [0.4, 0.5) is 0 Å². The Morgan fingerprint density at radius 2 is 1.46 bits per heavy atom. The molecule has 0 saturated heterocycles. The van der Waals surface area contributed by atoms with Gasteiger partial charge < -0.3 is 4.90 Å². The molecule has 0 fully saturated rings. The van der Waals surface area contributed by atoms with E-state index in [4.69, 9.17) is 5.10 Å². The van der Waals surface area contributed by atoms with Crippen molar-refractivity contribution in [2.75, 3.05) is 20.6 Å². The number of hydrogen-bond donors (Lipinski definition) is 0. The Labute approximate surface area is 158 Å². The molecule has 3 aromatic rings. The standard InChI is InChI=1S/C18H20N4.2C2H6/c1-21(2)12-13-22-14-17(15-6-4-3-5-7-15)18(20-22)16-8-10-19-11-9-16;2*1-2/h3-11,14H,12-13H2,1-2H3;2*1-2H3. The quantitative estimate of drug-likeness (QED) is 0.631. The molecule has 4 heteroatoms. The first kappa shape index (κ1) is 21.6. The number of benzene rings is 1. The number of hydrogen-bond acceptors (Lipinski definition) is 3. The van der Waals surface area contributed by atoms with Crippen molar-refractivity contribution in [3.8, 4) is 22.4 Å². The van der Waals surface area contributed by atoms with Crippen LogP contribution in [-0.2, 0) is 6.54 Å².